The molecule has 216 valence electrons. The third kappa shape index (κ3) is 6.27. The first-order valence-electron chi connectivity index (χ1n) is 13.7. The van der Waals surface area contributed by atoms with Crippen molar-refractivity contribution in [2.45, 2.75) is 58.6 Å². The highest BCUT2D eigenvalue weighted by atomic mass is 19.3. The van der Waals surface area contributed by atoms with E-state index in [-0.39, 0.29) is 29.7 Å². The van der Waals surface area contributed by atoms with Gasteiger partial charge in [-0.3, -0.25) is 4.57 Å². The number of morpholine rings is 1. The van der Waals surface area contributed by atoms with Crippen LogP contribution in [0.25, 0.3) is 16.9 Å². The van der Waals surface area contributed by atoms with Crippen molar-refractivity contribution in [2.24, 2.45) is 5.92 Å². The highest BCUT2D eigenvalue weighted by Crippen LogP contribution is 2.30. The number of hydrogen-bond donors (Lipinski definition) is 0. The molecule has 0 N–H and O–H groups in total. The van der Waals surface area contributed by atoms with E-state index in [4.69, 9.17) is 19.2 Å². The molecule has 1 aromatic carbocycles. The smallest absolute Gasteiger partial charge is 0.410 e. The van der Waals surface area contributed by atoms with Crippen LogP contribution in [0, 0.1) is 5.92 Å². The molecule has 0 spiro atoms. The molecule has 0 bridgehead atoms. The lowest BCUT2D eigenvalue weighted by Crippen LogP contribution is -2.44. The Morgan fingerprint density at radius 2 is 1.88 bits per heavy atom. The SMILES string of the molecule is C[C@H]1COCCN1c1nc(OCC2CCN(C(=O)OC(C)(C)C)CC2)cc(-n2c(C(F)F)nc3ccccc32)n1. The standard InChI is InChI=1S/C28H36F2N6O4/c1-18-16-38-14-13-35(18)26-32-22(36-21-8-6-5-7-20(21)31-25(36)24(29)30)15-23(33-26)39-17-19-9-11-34(12-10-19)27(37)40-28(2,3)4/h5-8,15,18-19,24H,9-14,16-17H2,1-4H3/t18-/m0/s1. The van der Waals surface area contributed by atoms with Crippen molar-refractivity contribution in [2.75, 3.05) is 44.4 Å². The number of nitrogens with zero attached hydrogens (tertiary/aromatic N) is 6. The van der Waals surface area contributed by atoms with Gasteiger partial charge >= 0.3 is 6.09 Å². The summed E-state index contributed by atoms with van der Waals surface area (Å²) >= 11 is 0. The number of para-hydroxylation sites is 2. The molecule has 12 heteroatoms. The van der Waals surface area contributed by atoms with Crippen LogP contribution in [0.3, 0.4) is 0 Å². The second-order valence-corrected chi connectivity index (χ2v) is 11.3. The topological polar surface area (TPSA) is 94.8 Å². The number of rotatable bonds is 6. The lowest BCUT2D eigenvalue weighted by Gasteiger charge is -2.34. The van der Waals surface area contributed by atoms with E-state index in [1.807, 2.05) is 32.6 Å². The summed E-state index contributed by atoms with van der Waals surface area (Å²) in [6, 6.07) is 8.58. The normalized spacial score (nSPS) is 18.9. The lowest BCUT2D eigenvalue weighted by atomic mass is 9.98. The van der Waals surface area contributed by atoms with Gasteiger partial charge in [0.05, 0.1) is 36.9 Å². The maximum absolute atomic E-state index is 14.1. The van der Waals surface area contributed by atoms with Crippen LogP contribution in [0.2, 0.25) is 0 Å². The first kappa shape index (κ1) is 28.0. The van der Waals surface area contributed by atoms with Gasteiger partial charge < -0.3 is 24.0 Å². The van der Waals surface area contributed by atoms with E-state index in [1.54, 1.807) is 35.2 Å². The molecule has 1 amide bonds. The quantitative estimate of drug-likeness (QED) is 0.417. The molecule has 3 aromatic rings. The molecule has 1 atom stereocenters. The largest absolute Gasteiger partial charge is 0.477 e. The Balaban J connectivity index is 1.39. The number of alkyl halides is 2. The molecule has 0 saturated carbocycles. The zero-order valence-corrected chi connectivity index (χ0v) is 23.3. The number of imidazole rings is 1. The number of hydrogen-bond acceptors (Lipinski definition) is 8. The number of ether oxygens (including phenoxy) is 3. The van der Waals surface area contributed by atoms with E-state index < -0.39 is 12.0 Å². The minimum atomic E-state index is -2.80. The molecule has 2 aromatic heterocycles. The van der Waals surface area contributed by atoms with Gasteiger partial charge in [-0.15, -0.1) is 0 Å². The first-order chi connectivity index (χ1) is 19.1. The summed E-state index contributed by atoms with van der Waals surface area (Å²) in [4.78, 5) is 29.7. The predicted octanol–water partition coefficient (Wildman–Crippen LogP) is 5.00. The second kappa shape index (κ2) is 11.5. The summed E-state index contributed by atoms with van der Waals surface area (Å²) in [5.41, 5.74) is 0.442. The Labute approximate surface area is 232 Å². The highest BCUT2D eigenvalue weighted by molar-refractivity contribution is 5.78. The summed E-state index contributed by atoms with van der Waals surface area (Å²) in [6.45, 7) is 10.7. The third-order valence-corrected chi connectivity index (χ3v) is 7.05. The van der Waals surface area contributed by atoms with Crippen molar-refractivity contribution >= 4 is 23.1 Å². The number of anilines is 1. The molecule has 0 radical (unpaired) electrons. The number of benzene rings is 1. The number of aromatic nitrogens is 4. The van der Waals surface area contributed by atoms with E-state index in [0.717, 1.165) is 12.8 Å². The number of likely N-dealkylation sites (tertiary alicyclic amines) is 1. The van der Waals surface area contributed by atoms with Crippen molar-refractivity contribution in [3.63, 3.8) is 0 Å². The first-order valence-corrected chi connectivity index (χ1v) is 13.7. The van der Waals surface area contributed by atoms with Crippen molar-refractivity contribution in [1.29, 1.82) is 0 Å². The van der Waals surface area contributed by atoms with Crippen LogP contribution >= 0.6 is 0 Å². The van der Waals surface area contributed by atoms with Crippen LogP contribution in [0.4, 0.5) is 19.5 Å². The minimum absolute atomic E-state index is 0.00290. The second-order valence-electron chi connectivity index (χ2n) is 11.3. The van der Waals surface area contributed by atoms with Crippen LogP contribution in [-0.4, -0.2) is 81.6 Å². The highest BCUT2D eigenvalue weighted by Gasteiger charge is 2.29. The molecule has 40 heavy (non-hydrogen) atoms. The monoisotopic (exact) mass is 558 g/mol. The van der Waals surface area contributed by atoms with Gasteiger partial charge in [-0.1, -0.05) is 12.1 Å². The van der Waals surface area contributed by atoms with Crippen molar-refractivity contribution in [3.8, 4) is 11.7 Å². The van der Waals surface area contributed by atoms with Crippen molar-refractivity contribution < 1.29 is 27.8 Å². The maximum atomic E-state index is 14.1. The van der Waals surface area contributed by atoms with Gasteiger partial charge in [0.25, 0.3) is 6.43 Å². The fourth-order valence-electron chi connectivity index (χ4n) is 4.99. The minimum Gasteiger partial charge on any atom is -0.477 e. The molecule has 5 rings (SSSR count). The summed E-state index contributed by atoms with van der Waals surface area (Å²) in [7, 11) is 0. The van der Waals surface area contributed by atoms with Gasteiger partial charge in [-0.25, -0.2) is 18.6 Å². The molecule has 2 saturated heterocycles. The predicted molar refractivity (Wildman–Crippen MR) is 145 cm³/mol. The van der Waals surface area contributed by atoms with Gasteiger partial charge in [0.2, 0.25) is 11.8 Å². The number of amides is 1. The Morgan fingerprint density at radius 1 is 1.12 bits per heavy atom. The van der Waals surface area contributed by atoms with E-state index in [0.29, 0.717) is 62.3 Å². The molecule has 10 nitrogen and oxygen atoms in total. The number of halogens is 2. The summed E-state index contributed by atoms with van der Waals surface area (Å²) < 4.78 is 46.9. The zero-order valence-electron chi connectivity index (χ0n) is 23.3. The van der Waals surface area contributed by atoms with Crippen molar-refractivity contribution in [3.05, 3.63) is 36.2 Å². The number of piperidine rings is 1. The lowest BCUT2D eigenvalue weighted by molar-refractivity contribution is 0.0164. The molecular weight excluding hydrogens is 522 g/mol. The van der Waals surface area contributed by atoms with Crippen LogP contribution in [0.1, 0.15) is 52.8 Å². The molecular formula is C28H36F2N6O4. The fourth-order valence-corrected chi connectivity index (χ4v) is 4.99. The van der Waals surface area contributed by atoms with Gasteiger partial charge in [-0.2, -0.15) is 9.97 Å². The number of carbonyl (C=O) groups excluding carboxylic acids is 1. The Kier molecular flexibility index (Phi) is 8.07. The zero-order chi connectivity index (χ0) is 28.4. The van der Waals surface area contributed by atoms with Gasteiger partial charge in [-0.05, 0) is 58.6 Å². The van der Waals surface area contributed by atoms with Gasteiger partial charge in [0.1, 0.15) is 11.4 Å². The van der Waals surface area contributed by atoms with Gasteiger partial charge in [0.15, 0.2) is 5.82 Å². The van der Waals surface area contributed by atoms with Crippen LogP contribution in [0.5, 0.6) is 5.88 Å². The van der Waals surface area contributed by atoms with E-state index in [9.17, 15) is 13.6 Å². The molecule has 2 aliphatic rings. The van der Waals surface area contributed by atoms with Crippen molar-refractivity contribution in [1.82, 2.24) is 24.4 Å². The van der Waals surface area contributed by atoms with E-state index >= 15 is 0 Å². The fraction of sp³-hybridized carbons (Fsp3) is 0.571. The average molecular weight is 559 g/mol. The molecule has 2 aliphatic heterocycles. The Morgan fingerprint density at radius 3 is 2.58 bits per heavy atom. The third-order valence-electron chi connectivity index (χ3n) is 7.05. The molecule has 2 fully saturated rings. The Hall–Kier alpha value is -3.54. The molecule has 0 aliphatic carbocycles. The average Bonchev–Trinajstić information content (AvgIpc) is 3.32. The Bertz CT molecular complexity index is 1340. The number of fused-ring (bicyclic) bond motifs is 1. The summed E-state index contributed by atoms with van der Waals surface area (Å²) in [5, 5.41) is 0. The van der Waals surface area contributed by atoms with Crippen LogP contribution in [-0.2, 0) is 9.47 Å². The maximum Gasteiger partial charge on any atom is 0.410 e. The summed E-state index contributed by atoms with van der Waals surface area (Å²) in [5.74, 6) is 0.768. The summed E-state index contributed by atoms with van der Waals surface area (Å²) in [6.07, 6.45) is -1.59. The molecule has 4 heterocycles. The number of carbonyl (C=O) groups is 1. The van der Waals surface area contributed by atoms with Gasteiger partial charge in [0, 0.05) is 25.7 Å². The molecule has 0 unspecified atom stereocenters. The van der Waals surface area contributed by atoms with E-state index in [2.05, 4.69) is 9.97 Å². The van der Waals surface area contributed by atoms with E-state index in [1.165, 1.54) is 4.57 Å². The van der Waals surface area contributed by atoms with Crippen LogP contribution < -0.4 is 9.64 Å². The van der Waals surface area contributed by atoms with Crippen LogP contribution in [0.15, 0.2) is 30.3 Å².